The van der Waals surface area contributed by atoms with Gasteiger partial charge in [0, 0.05) is 55.6 Å². The summed E-state index contributed by atoms with van der Waals surface area (Å²) in [6.07, 6.45) is 7.70. The first-order chi connectivity index (χ1) is 20.1. The van der Waals surface area contributed by atoms with Crippen LogP contribution in [0.4, 0.5) is 19.0 Å². The molecule has 0 atom stereocenters. The lowest BCUT2D eigenvalue weighted by atomic mass is 9.89. The Morgan fingerprint density at radius 1 is 0.857 bits per heavy atom. The van der Waals surface area contributed by atoms with E-state index in [1.807, 2.05) is 6.20 Å². The molecular weight excluding hydrogens is 567 g/mol. The fourth-order valence-corrected chi connectivity index (χ4v) is 6.13. The van der Waals surface area contributed by atoms with Crippen molar-refractivity contribution in [2.75, 3.05) is 39.0 Å². The van der Waals surface area contributed by atoms with Crippen molar-refractivity contribution in [3.05, 3.63) is 66.4 Å². The molecule has 2 aliphatic rings. The van der Waals surface area contributed by atoms with E-state index < -0.39 is 28.3 Å². The molecule has 0 radical (unpaired) electrons. The Kier molecular flexibility index (Phi) is 9.11. The van der Waals surface area contributed by atoms with Crippen LogP contribution in [0.15, 0.2) is 48.9 Å². The van der Waals surface area contributed by atoms with Crippen LogP contribution in [0.25, 0.3) is 33.3 Å². The highest BCUT2D eigenvalue weighted by atomic mass is 32.2. The number of halogens is 3. The monoisotopic (exact) mass is 601 g/mol. The fraction of sp³-hybridized carbons (Fsp3) is 0.379. The third-order valence-electron chi connectivity index (χ3n) is 8.26. The van der Waals surface area contributed by atoms with Crippen LogP contribution < -0.4 is 10.9 Å². The van der Waals surface area contributed by atoms with Gasteiger partial charge in [-0.05, 0) is 56.5 Å². The molecular formula is C29H34F3N7O2S. The average molecular weight is 602 g/mol. The van der Waals surface area contributed by atoms with Gasteiger partial charge in [-0.25, -0.2) is 36.7 Å². The molecule has 6 rings (SSSR count). The van der Waals surface area contributed by atoms with Crippen molar-refractivity contribution in [2.24, 2.45) is 5.14 Å². The fourth-order valence-electron chi connectivity index (χ4n) is 6.13. The van der Waals surface area contributed by atoms with E-state index in [9.17, 15) is 8.78 Å². The Bertz CT molecular complexity index is 1620. The van der Waals surface area contributed by atoms with Crippen LogP contribution in [0.3, 0.4) is 0 Å². The molecule has 3 heterocycles. The summed E-state index contributed by atoms with van der Waals surface area (Å²) in [5.74, 6) is -2.01. The number of nitrogens with zero attached hydrogens (tertiary/aromatic N) is 5. The van der Waals surface area contributed by atoms with Crippen molar-refractivity contribution in [2.45, 2.75) is 37.8 Å². The Labute approximate surface area is 244 Å². The largest absolute Gasteiger partial charge is 0.383 e. The molecule has 1 aliphatic heterocycles. The minimum absolute atomic E-state index is 0.125. The van der Waals surface area contributed by atoms with Crippen LogP contribution in [-0.4, -0.2) is 72.0 Å². The molecule has 4 aromatic rings. The third-order valence-corrected chi connectivity index (χ3v) is 8.26. The molecule has 2 fully saturated rings. The maximum atomic E-state index is 15.3. The molecule has 1 aliphatic carbocycles. The van der Waals surface area contributed by atoms with Crippen LogP contribution in [0.1, 0.15) is 31.7 Å². The Balaban J connectivity index is 0.000000830. The number of rotatable bonds is 4. The molecule has 224 valence electrons. The van der Waals surface area contributed by atoms with E-state index in [0.29, 0.717) is 28.4 Å². The molecule has 0 spiro atoms. The number of hydrogen-bond acceptors (Lipinski definition) is 7. The van der Waals surface area contributed by atoms with Crippen LogP contribution in [-0.2, 0) is 10.9 Å². The van der Waals surface area contributed by atoms with Crippen molar-refractivity contribution in [3.8, 4) is 22.3 Å². The summed E-state index contributed by atoms with van der Waals surface area (Å²) in [7, 11) is -0.446. The van der Waals surface area contributed by atoms with Crippen molar-refractivity contribution in [1.82, 2.24) is 24.3 Å². The van der Waals surface area contributed by atoms with E-state index in [2.05, 4.69) is 36.5 Å². The second-order valence-corrected chi connectivity index (χ2v) is 11.4. The topological polar surface area (TPSA) is 123 Å². The van der Waals surface area contributed by atoms with E-state index in [0.717, 1.165) is 69.6 Å². The standard InChI is InChI=1S/C29H31F3N6.H3NO2S/c1-36-11-13-37(14-12-36)19-6-8-20(9-7-19)38-16-22(27-28(33)34-17-35-29(27)38)18-5-10-21(25(32)15-18)26-23(30)3-2-4-24(26)31;1-4(2)3/h2-5,10,15-17,19-20H,6-9,11-14H2,1H3,(H2,33,34,35);4H,(H2,1,2,3). The molecule has 1 saturated heterocycles. The Morgan fingerprint density at radius 3 is 2.10 bits per heavy atom. The molecule has 13 heteroatoms. The number of piperazine rings is 1. The van der Waals surface area contributed by atoms with Gasteiger partial charge in [0.1, 0.15) is 35.2 Å². The summed E-state index contributed by atoms with van der Waals surface area (Å²) in [5, 5.41) is 4.73. The van der Waals surface area contributed by atoms with Crippen LogP contribution >= 0.6 is 0 Å². The van der Waals surface area contributed by atoms with Gasteiger partial charge in [-0.2, -0.15) is 0 Å². The summed E-state index contributed by atoms with van der Waals surface area (Å²) in [5.41, 5.74) is 7.78. The second-order valence-electron chi connectivity index (χ2n) is 10.8. The molecule has 2 aromatic heterocycles. The van der Waals surface area contributed by atoms with Crippen LogP contribution in [0.2, 0.25) is 0 Å². The molecule has 2 aromatic carbocycles. The zero-order valence-corrected chi connectivity index (χ0v) is 24.1. The number of hydrogen-bond donors (Lipinski definition) is 3. The molecule has 0 amide bonds. The lowest BCUT2D eigenvalue weighted by Crippen LogP contribution is -2.49. The van der Waals surface area contributed by atoms with Crippen molar-refractivity contribution >= 4 is 27.7 Å². The van der Waals surface area contributed by atoms with Gasteiger partial charge in [-0.1, -0.05) is 18.2 Å². The summed E-state index contributed by atoms with van der Waals surface area (Å²) >= 11 is 0. The van der Waals surface area contributed by atoms with Crippen LogP contribution in [0, 0.1) is 17.5 Å². The summed E-state index contributed by atoms with van der Waals surface area (Å²) in [6, 6.07) is 8.73. The van der Waals surface area contributed by atoms with Gasteiger partial charge in [0.15, 0.2) is 10.9 Å². The van der Waals surface area contributed by atoms with Gasteiger partial charge < -0.3 is 15.2 Å². The smallest absolute Gasteiger partial charge is 0.198 e. The van der Waals surface area contributed by atoms with Gasteiger partial charge in [0.2, 0.25) is 0 Å². The molecule has 1 saturated carbocycles. The average Bonchev–Trinajstić information content (AvgIpc) is 3.35. The minimum Gasteiger partial charge on any atom is -0.383 e. The Morgan fingerprint density at radius 2 is 1.48 bits per heavy atom. The first-order valence-electron chi connectivity index (χ1n) is 13.8. The SMILES string of the molecule is CN1CCN(C2CCC(n3cc(-c4ccc(-c5c(F)cccc5F)c(F)c4)c4c(N)ncnc43)CC2)CC1.N[SH](=O)=O. The predicted molar refractivity (Wildman–Crippen MR) is 158 cm³/mol. The van der Waals surface area contributed by atoms with E-state index >= 15 is 4.39 Å². The van der Waals surface area contributed by atoms with Crippen molar-refractivity contribution in [1.29, 1.82) is 0 Å². The molecule has 9 nitrogen and oxygen atoms in total. The first-order valence-corrected chi connectivity index (χ1v) is 15.1. The van der Waals surface area contributed by atoms with E-state index in [1.165, 1.54) is 24.5 Å². The highest BCUT2D eigenvalue weighted by Crippen LogP contribution is 2.40. The van der Waals surface area contributed by atoms with Crippen molar-refractivity contribution < 1.29 is 21.6 Å². The molecule has 0 unspecified atom stereocenters. The minimum atomic E-state index is -2.62. The zero-order chi connectivity index (χ0) is 30.0. The number of anilines is 1. The third kappa shape index (κ3) is 6.28. The number of aromatic nitrogens is 3. The summed E-state index contributed by atoms with van der Waals surface area (Å²) < 4.78 is 63.7. The number of benzene rings is 2. The molecule has 4 N–H and O–H groups in total. The summed E-state index contributed by atoms with van der Waals surface area (Å²) in [4.78, 5) is 13.7. The normalized spacial score (nSPS) is 20.0. The van der Waals surface area contributed by atoms with Gasteiger partial charge >= 0.3 is 0 Å². The summed E-state index contributed by atoms with van der Waals surface area (Å²) in [6.45, 7) is 4.45. The maximum Gasteiger partial charge on any atom is 0.198 e. The van der Waals surface area contributed by atoms with Crippen LogP contribution in [0.5, 0.6) is 0 Å². The van der Waals surface area contributed by atoms with E-state index in [-0.39, 0.29) is 17.2 Å². The highest BCUT2D eigenvalue weighted by Gasteiger charge is 2.30. The molecule has 0 bridgehead atoms. The van der Waals surface area contributed by atoms with Gasteiger partial charge in [-0.3, -0.25) is 4.90 Å². The first kappa shape index (κ1) is 30.0. The van der Waals surface area contributed by atoms with Gasteiger partial charge in [0.05, 0.1) is 10.9 Å². The number of fused-ring (bicyclic) bond motifs is 1. The lowest BCUT2D eigenvalue weighted by Gasteiger charge is -2.41. The maximum absolute atomic E-state index is 15.3. The number of nitrogens with two attached hydrogens (primary N) is 2. The van der Waals surface area contributed by atoms with Crippen molar-refractivity contribution in [3.63, 3.8) is 0 Å². The number of likely N-dealkylation sites (N-methyl/N-ethyl adjacent to an activating group) is 1. The molecule has 42 heavy (non-hydrogen) atoms. The predicted octanol–water partition coefficient (Wildman–Crippen LogP) is 3.97. The van der Waals surface area contributed by atoms with E-state index in [4.69, 9.17) is 14.2 Å². The van der Waals surface area contributed by atoms with Gasteiger partial charge in [0.25, 0.3) is 0 Å². The highest BCUT2D eigenvalue weighted by molar-refractivity contribution is 7.69. The zero-order valence-electron chi connectivity index (χ0n) is 23.2. The van der Waals surface area contributed by atoms with E-state index in [1.54, 1.807) is 6.07 Å². The Hall–Kier alpha value is -3.52. The number of nitrogen functional groups attached to an aromatic ring is 1. The number of thiol groups is 1. The quantitative estimate of drug-likeness (QED) is 0.303. The lowest BCUT2D eigenvalue weighted by molar-refractivity contribution is 0.0828. The second kappa shape index (κ2) is 12.8. The van der Waals surface area contributed by atoms with Gasteiger partial charge in [-0.15, -0.1) is 0 Å².